The van der Waals surface area contributed by atoms with Gasteiger partial charge < -0.3 is 19.9 Å². The number of aryl methyl sites for hydroxylation is 1. The number of carbonyl (C=O) groups excluding carboxylic acids is 1. The second-order valence-corrected chi connectivity index (χ2v) is 7.17. The summed E-state index contributed by atoms with van der Waals surface area (Å²) in [5.74, 6) is 1.14. The van der Waals surface area contributed by atoms with Gasteiger partial charge in [0.05, 0.1) is 6.04 Å². The molecule has 0 saturated carbocycles. The maximum absolute atomic E-state index is 12.5. The van der Waals surface area contributed by atoms with Crippen molar-refractivity contribution >= 4 is 6.03 Å². The Hall–Kier alpha value is -2.41. The molecule has 1 aliphatic carbocycles. The Morgan fingerprint density at radius 2 is 2.12 bits per heavy atom. The maximum Gasteiger partial charge on any atom is 0.315 e. The lowest BCUT2D eigenvalue weighted by Crippen LogP contribution is -2.46. The minimum Gasteiger partial charge on any atom is -0.381 e. The fourth-order valence-electron chi connectivity index (χ4n) is 4.17. The monoisotopic (exact) mass is 356 g/mol. The van der Waals surface area contributed by atoms with Crippen LogP contribution in [0.2, 0.25) is 0 Å². The molecule has 1 aromatic heterocycles. The maximum atomic E-state index is 12.5. The van der Waals surface area contributed by atoms with Crippen LogP contribution in [0.15, 0.2) is 28.8 Å². The molecule has 1 fully saturated rings. The Bertz CT molecular complexity index is 783. The zero-order valence-electron chi connectivity index (χ0n) is 15.0. The normalized spacial score (nSPS) is 20.7. The molecule has 2 amide bonds. The Balaban J connectivity index is 1.41. The summed E-state index contributed by atoms with van der Waals surface area (Å²) >= 11 is 0. The van der Waals surface area contributed by atoms with Crippen molar-refractivity contribution in [2.75, 3.05) is 19.8 Å². The summed E-state index contributed by atoms with van der Waals surface area (Å²) in [6.07, 6.45) is 3.45. The third kappa shape index (κ3) is 3.31. The van der Waals surface area contributed by atoms with E-state index >= 15 is 0 Å². The van der Waals surface area contributed by atoms with Gasteiger partial charge in [-0.3, -0.25) is 0 Å². The third-order valence-electron chi connectivity index (χ3n) is 5.48. The zero-order chi connectivity index (χ0) is 18.0. The average Bonchev–Trinajstić information content (AvgIpc) is 3.18. The van der Waals surface area contributed by atoms with Crippen LogP contribution in [0.4, 0.5) is 4.79 Å². The third-order valence-corrected chi connectivity index (χ3v) is 5.48. The van der Waals surface area contributed by atoms with Crippen LogP contribution >= 0.6 is 0 Å². The highest BCUT2D eigenvalue weighted by atomic mass is 16.5. The first-order valence-corrected chi connectivity index (χ1v) is 9.15. The Kier molecular flexibility index (Phi) is 4.63. The molecule has 1 unspecified atom stereocenters. The van der Waals surface area contributed by atoms with Crippen molar-refractivity contribution in [1.29, 1.82) is 0 Å². The van der Waals surface area contributed by atoms with Crippen LogP contribution < -0.4 is 10.6 Å². The molecule has 1 aliphatic heterocycles. The van der Waals surface area contributed by atoms with Gasteiger partial charge in [-0.25, -0.2) is 4.79 Å². The van der Waals surface area contributed by atoms with Gasteiger partial charge in [0.15, 0.2) is 5.82 Å². The number of nitrogens with one attached hydrogen (secondary N) is 2. The summed E-state index contributed by atoms with van der Waals surface area (Å²) < 4.78 is 10.6. The predicted molar refractivity (Wildman–Crippen MR) is 94.6 cm³/mol. The first-order chi connectivity index (χ1) is 12.7. The van der Waals surface area contributed by atoms with E-state index in [4.69, 9.17) is 9.26 Å². The highest BCUT2D eigenvalue weighted by Crippen LogP contribution is 2.51. The number of hydrogen-bond donors (Lipinski definition) is 2. The van der Waals surface area contributed by atoms with E-state index < -0.39 is 0 Å². The van der Waals surface area contributed by atoms with Crippen molar-refractivity contribution in [2.24, 2.45) is 5.41 Å². The second-order valence-electron chi connectivity index (χ2n) is 7.17. The number of nitrogens with zero attached hydrogens (tertiary/aromatic N) is 2. The summed E-state index contributed by atoms with van der Waals surface area (Å²) in [5, 5.41) is 9.88. The minimum absolute atomic E-state index is 0.0215. The Morgan fingerprint density at radius 3 is 2.88 bits per heavy atom. The molecular weight excluding hydrogens is 332 g/mol. The van der Waals surface area contributed by atoms with Gasteiger partial charge in [-0.2, -0.15) is 4.98 Å². The molecule has 1 saturated heterocycles. The molecule has 0 bridgehead atoms. The molecular formula is C19H24N4O3. The van der Waals surface area contributed by atoms with Crippen molar-refractivity contribution in [2.45, 2.75) is 38.6 Å². The van der Waals surface area contributed by atoms with Crippen LogP contribution in [0.5, 0.6) is 0 Å². The summed E-state index contributed by atoms with van der Waals surface area (Å²) in [7, 11) is 0. The van der Waals surface area contributed by atoms with E-state index in [1.165, 1.54) is 11.1 Å². The molecule has 26 heavy (non-hydrogen) atoms. The molecule has 1 atom stereocenters. The summed E-state index contributed by atoms with van der Waals surface area (Å²) in [6.45, 7) is 3.74. The lowest BCUT2D eigenvalue weighted by atomic mass is 9.74. The second kappa shape index (κ2) is 7.07. The predicted octanol–water partition coefficient (Wildman–Crippen LogP) is 2.31. The number of rotatable bonds is 4. The van der Waals surface area contributed by atoms with Gasteiger partial charge in [-0.05, 0) is 37.3 Å². The number of carbonyl (C=O) groups is 1. The Labute approximate surface area is 152 Å². The highest BCUT2D eigenvalue weighted by molar-refractivity contribution is 5.75. The number of fused-ring (bicyclic) bond motifs is 1. The van der Waals surface area contributed by atoms with Crippen molar-refractivity contribution in [3.63, 3.8) is 0 Å². The molecule has 0 radical (unpaired) electrons. The van der Waals surface area contributed by atoms with Gasteiger partial charge in [0.2, 0.25) is 5.89 Å². The van der Waals surface area contributed by atoms with Crippen molar-refractivity contribution in [3.05, 3.63) is 47.1 Å². The van der Waals surface area contributed by atoms with Crippen LogP contribution in [0, 0.1) is 12.3 Å². The zero-order valence-corrected chi connectivity index (χ0v) is 15.0. The van der Waals surface area contributed by atoms with Gasteiger partial charge >= 0.3 is 6.03 Å². The quantitative estimate of drug-likeness (QED) is 0.877. The van der Waals surface area contributed by atoms with Crippen molar-refractivity contribution in [3.8, 4) is 0 Å². The SMILES string of the molecule is Cc1noc(CCNC(=O)NC2c3ccccc3CC23CCOCC3)n1. The molecule has 2 N–H and O–H groups in total. The first kappa shape index (κ1) is 17.0. The van der Waals surface area contributed by atoms with Gasteiger partial charge in [0, 0.05) is 31.6 Å². The Morgan fingerprint density at radius 1 is 1.31 bits per heavy atom. The number of hydrogen-bond acceptors (Lipinski definition) is 5. The number of amides is 2. The lowest BCUT2D eigenvalue weighted by Gasteiger charge is -2.39. The van der Waals surface area contributed by atoms with E-state index in [1.54, 1.807) is 6.92 Å². The first-order valence-electron chi connectivity index (χ1n) is 9.15. The molecule has 7 nitrogen and oxygen atoms in total. The largest absolute Gasteiger partial charge is 0.381 e. The number of benzene rings is 1. The molecule has 2 heterocycles. The molecule has 4 rings (SSSR count). The van der Waals surface area contributed by atoms with Gasteiger partial charge in [0.25, 0.3) is 0 Å². The van der Waals surface area contributed by atoms with E-state index in [1.807, 2.05) is 6.07 Å². The fourth-order valence-corrected chi connectivity index (χ4v) is 4.17. The topological polar surface area (TPSA) is 89.3 Å². The molecule has 2 aromatic rings. The molecule has 1 spiro atoms. The van der Waals surface area contributed by atoms with Gasteiger partial charge in [-0.15, -0.1) is 0 Å². The number of ether oxygens (including phenoxy) is 1. The molecule has 1 aromatic carbocycles. The van der Waals surface area contributed by atoms with E-state index in [9.17, 15) is 4.79 Å². The van der Waals surface area contributed by atoms with Gasteiger partial charge in [0.1, 0.15) is 0 Å². The number of urea groups is 1. The van der Waals surface area contributed by atoms with Crippen LogP contribution in [0.3, 0.4) is 0 Å². The van der Waals surface area contributed by atoms with E-state index in [-0.39, 0.29) is 17.5 Å². The molecule has 7 heteroatoms. The van der Waals surface area contributed by atoms with Gasteiger partial charge in [-0.1, -0.05) is 29.4 Å². The number of aromatic nitrogens is 2. The van der Waals surface area contributed by atoms with E-state index in [0.717, 1.165) is 32.5 Å². The van der Waals surface area contributed by atoms with Crippen LogP contribution in [0.1, 0.15) is 41.7 Å². The molecule has 138 valence electrons. The standard InChI is InChI=1S/C19H24N4O3/c1-13-21-16(26-23-13)6-9-20-18(24)22-17-15-5-3-2-4-14(15)12-19(17)7-10-25-11-8-19/h2-5,17H,6-12H2,1H3,(H2,20,22,24). The van der Waals surface area contributed by atoms with E-state index in [0.29, 0.717) is 24.7 Å². The molecule has 2 aliphatic rings. The highest BCUT2D eigenvalue weighted by Gasteiger charge is 2.47. The van der Waals surface area contributed by atoms with Crippen LogP contribution in [0.25, 0.3) is 0 Å². The van der Waals surface area contributed by atoms with Crippen molar-refractivity contribution in [1.82, 2.24) is 20.8 Å². The fraction of sp³-hybridized carbons (Fsp3) is 0.526. The van der Waals surface area contributed by atoms with Crippen LogP contribution in [-0.4, -0.2) is 35.9 Å². The van der Waals surface area contributed by atoms with Crippen molar-refractivity contribution < 1.29 is 14.1 Å². The lowest BCUT2D eigenvalue weighted by molar-refractivity contribution is 0.00215. The van der Waals surface area contributed by atoms with Crippen LogP contribution in [-0.2, 0) is 17.6 Å². The minimum atomic E-state index is -0.159. The average molecular weight is 356 g/mol. The summed E-state index contributed by atoms with van der Waals surface area (Å²) in [5.41, 5.74) is 2.63. The smallest absolute Gasteiger partial charge is 0.315 e. The van der Waals surface area contributed by atoms with E-state index in [2.05, 4.69) is 39.0 Å². The summed E-state index contributed by atoms with van der Waals surface area (Å²) in [4.78, 5) is 16.7. The summed E-state index contributed by atoms with van der Waals surface area (Å²) in [6, 6.07) is 8.28.